The van der Waals surface area contributed by atoms with E-state index in [0.29, 0.717) is 16.9 Å². The second kappa shape index (κ2) is 6.67. The van der Waals surface area contributed by atoms with E-state index in [2.05, 4.69) is 9.24 Å². The summed E-state index contributed by atoms with van der Waals surface area (Å²) in [4.78, 5) is 11.5. The molecule has 0 bridgehead atoms. The Hall–Kier alpha value is -2.59. The number of benzene rings is 2. The van der Waals surface area contributed by atoms with Crippen molar-refractivity contribution < 1.29 is 13.6 Å². The van der Waals surface area contributed by atoms with E-state index in [-0.39, 0.29) is 22.5 Å². The second-order valence-corrected chi connectivity index (χ2v) is 5.39. The van der Waals surface area contributed by atoms with Crippen LogP contribution in [0.3, 0.4) is 0 Å². The van der Waals surface area contributed by atoms with Crippen LogP contribution in [0.25, 0.3) is 5.70 Å². The minimum atomic E-state index is -0.867. The van der Waals surface area contributed by atoms with Crippen molar-refractivity contribution >= 4 is 31.9 Å². The van der Waals surface area contributed by atoms with E-state index >= 15 is 0 Å². The van der Waals surface area contributed by atoms with E-state index in [0.717, 1.165) is 12.1 Å². The van der Waals surface area contributed by atoms with Crippen LogP contribution in [0, 0.1) is 17.0 Å². The molecular weight excluding hydrogens is 319 g/mol. The summed E-state index contributed by atoms with van der Waals surface area (Å²) in [5, 5.41) is 8.54. The number of hydrogen-bond donors (Lipinski definition) is 3. The summed E-state index contributed by atoms with van der Waals surface area (Å²) in [5.74, 6) is -2.27. The number of nitrogens with two attached hydrogens (primary N) is 2. The van der Waals surface area contributed by atoms with Crippen LogP contribution < -0.4 is 16.8 Å². The van der Waals surface area contributed by atoms with Crippen molar-refractivity contribution in [2.45, 2.75) is 0 Å². The summed E-state index contributed by atoms with van der Waals surface area (Å²) < 4.78 is 26.6. The molecule has 1 unspecified atom stereocenters. The minimum Gasteiger partial charge on any atom is -0.398 e. The summed E-state index contributed by atoms with van der Waals surface area (Å²) >= 11 is 0. The van der Waals surface area contributed by atoms with Gasteiger partial charge in [-0.2, -0.15) is 0 Å². The molecule has 0 fully saturated rings. The Morgan fingerprint density at radius 2 is 1.83 bits per heavy atom. The largest absolute Gasteiger partial charge is 0.398 e. The van der Waals surface area contributed by atoms with Crippen molar-refractivity contribution in [2.24, 2.45) is 11.5 Å². The molecule has 0 saturated carbocycles. The molecule has 0 aliphatic carbocycles. The van der Waals surface area contributed by atoms with Gasteiger partial charge in [0.1, 0.15) is 11.6 Å². The maximum Gasteiger partial charge on any atom is 0.249 e. The summed E-state index contributed by atoms with van der Waals surface area (Å²) in [6, 6.07) is 7.74. The predicted octanol–water partition coefficient (Wildman–Crippen LogP) is 1.93. The monoisotopic (exact) mass is 333 g/mol. The van der Waals surface area contributed by atoms with Gasteiger partial charge in [0.15, 0.2) is 0 Å². The van der Waals surface area contributed by atoms with Gasteiger partial charge in [0.25, 0.3) is 0 Å². The summed E-state index contributed by atoms with van der Waals surface area (Å²) in [7, 11) is 2.42. The van der Waals surface area contributed by atoms with E-state index < -0.39 is 17.5 Å². The van der Waals surface area contributed by atoms with Crippen LogP contribution in [0.4, 0.5) is 8.78 Å². The number of hydrogen-bond acceptors (Lipinski definition) is 3. The molecule has 5 N–H and O–H groups in total. The van der Waals surface area contributed by atoms with Gasteiger partial charge in [-0.05, 0) is 29.6 Å². The molecule has 0 spiro atoms. The molecule has 1 atom stereocenters. The van der Waals surface area contributed by atoms with Gasteiger partial charge in [0, 0.05) is 28.5 Å². The van der Waals surface area contributed by atoms with Gasteiger partial charge in [-0.1, -0.05) is 12.1 Å². The van der Waals surface area contributed by atoms with Gasteiger partial charge in [-0.25, -0.2) is 8.78 Å². The fourth-order valence-corrected chi connectivity index (χ4v) is 2.54. The highest BCUT2D eigenvalue weighted by Crippen LogP contribution is 2.17. The Balaban J connectivity index is 2.48. The number of allylic oxidation sites excluding steroid dienone is 1. The lowest BCUT2D eigenvalue weighted by atomic mass is 10.0. The SMILES string of the molecule is N=C(C=C(N)c1c(P)cccc1C(N)=O)c1ccc(F)cc1F. The molecule has 23 heavy (non-hydrogen) atoms. The first kappa shape index (κ1) is 16.8. The molecule has 118 valence electrons. The molecule has 0 aliphatic rings. The van der Waals surface area contributed by atoms with Crippen LogP contribution in [-0.2, 0) is 0 Å². The first-order valence-corrected chi connectivity index (χ1v) is 7.08. The molecule has 7 heteroatoms. The third-order valence-corrected chi connectivity index (χ3v) is 3.65. The van der Waals surface area contributed by atoms with E-state index in [1.165, 1.54) is 12.1 Å². The van der Waals surface area contributed by atoms with Crippen LogP contribution in [0.5, 0.6) is 0 Å². The van der Waals surface area contributed by atoms with Gasteiger partial charge in [-0.3, -0.25) is 4.79 Å². The van der Waals surface area contributed by atoms with Crippen molar-refractivity contribution in [3.63, 3.8) is 0 Å². The number of carbonyl (C=O) groups is 1. The Morgan fingerprint density at radius 1 is 1.13 bits per heavy atom. The average Bonchev–Trinajstić information content (AvgIpc) is 2.46. The van der Waals surface area contributed by atoms with Gasteiger partial charge in [0.2, 0.25) is 5.91 Å². The zero-order chi connectivity index (χ0) is 17.1. The molecule has 0 aliphatic heterocycles. The predicted molar refractivity (Wildman–Crippen MR) is 89.7 cm³/mol. The number of carbonyl (C=O) groups excluding carboxylic acids is 1. The second-order valence-electron chi connectivity index (χ2n) is 4.77. The summed E-state index contributed by atoms with van der Waals surface area (Å²) in [6.07, 6.45) is 1.20. The standard InChI is InChI=1S/C16H14F2N3OP/c17-8-4-5-9(11(18)6-8)12(19)7-13(20)15-10(16(21)22)2-1-3-14(15)23/h1-7,19H,20,23H2,(H2,21,22). The normalized spacial score (nSPS) is 11.3. The molecule has 2 rings (SSSR count). The van der Waals surface area contributed by atoms with Crippen LogP contribution in [0.2, 0.25) is 0 Å². The third kappa shape index (κ3) is 3.60. The molecule has 0 saturated heterocycles. The Kier molecular flexibility index (Phi) is 4.86. The molecule has 4 nitrogen and oxygen atoms in total. The van der Waals surface area contributed by atoms with Crippen molar-refractivity contribution in [3.05, 3.63) is 70.8 Å². The lowest BCUT2D eigenvalue weighted by Crippen LogP contribution is -2.20. The maximum absolute atomic E-state index is 13.7. The molecular formula is C16H14F2N3OP. The van der Waals surface area contributed by atoms with Crippen molar-refractivity contribution in [3.8, 4) is 0 Å². The van der Waals surface area contributed by atoms with Crippen LogP contribution in [0.1, 0.15) is 21.5 Å². The zero-order valence-corrected chi connectivity index (χ0v) is 13.1. The number of primary amides is 1. The Morgan fingerprint density at radius 3 is 2.43 bits per heavy atom. The van der Waals surface area contributed by atoms with E-state index in [4.69, 9.17) is 16.9 Å². The molecule has 0 radical (unpaired) electrons. The number of halogens is 2. The van der Waals surface area contributed by atoms with Gasteiger partial charge in [-0.15, -0.1) is 9.24 Å². The fraction of sp³-hybridized carbons (Fsp3) is 0. The average molecular weight is 333 g/mol. The van der Waals surface area contributed by atoms with Crippen LogP contribution >= 0.6 is 9.24 Å². The van der Waals surface area contributed by atoms with Crippen LogP contribution in [-0.4, -0.2) is 11.6 Å². The maximum atomic E-state index is 13.7. The molecule has 2 aromatic carbocycles. The molecule has 2 aromatic rings. The number of rotatable bonds is 4. The third-order valence-electron chi connectivity index (χ3n) is 3.17. The molecule has 0 heterocycles. The van der Waals surface area contributed by atoms with E-state index in [1.807, 2.05) is 0 Å². The van der Waals surface area contributed by atoms with Crippen molar-refractivity contribution in [1.29, 1.82) is 5.41 Å². The van der Waals surface area contributed by atoms with Gasteiger partial charge < -0.3 is 16.9 Å². The lowest BCUT2D eigenvalue weighted by Gasteiger charge is -2.11. The fourth-order valence-electron chi connectivity index (χ4n) is 2.11. The Bertz CT molecular complexity index is 834. The van der Waals surface area contributed by atoms with E-state index in [9.17, 15) is 13.6 Å². The minimum absolute atomic E-state index is 0.0816. The molecule has 0 aromatic heterocycles. The van der Waals surface area contributed by atoms with E-state index in [1.54, 1.807) is 12.1 Å². The number of amides is 1. The first-order valence-electron chi connectivity index (χ1n) is 6.51. The highest BCUT2D eigenvalue weighted by atomic mass is 31.0. The zero-order valence-electron chi connectivity index (χ0n) is 11.9. The van der Waals surface area contributed by atoms with Crippen LogP contribution in [0.15, 0.2) is 42.5 Å². The lowest BCUT2D eigenvalue weighted by molar-refractivity contribution is 0.1000. The highest BCUT2D eigenvalue weighted by Gasteiger charge is 2.14. The molecule has 1 amide bonds. The van der Waals surface area contributed by atoms with Crippen molar-refractivity contribution in [2.75, 3.05) is 0 Å². The Labute approximate surface area is 133 Å². The quantitative estimate of drug-likeness (QED) is 0.589. The van der Waals surface area contributed by atoms with Crippen molar-refractivity contribution in [1.82, 2.24) is 0 Å². The van der Waals surface area contributed by atoms with Gasteiger partial charge in [0.05, 0.1) is 5.71 Å². The first-order chi connectivity index (χ1) is 10.8. The smallest absolute Gasteiger partial charge is 0.249 e. The van der Waals surface area contributed by atoms with Gasteiger partial charge >= 0.3 is 0 Å². The number of nitrogens with one attached hydrogen (secondary N) is 1. The highest BCUT2D eigenvalue weighted by molar-refractivity contribution is 7.27. The summed E-state index contributed by atoms with van der Waals surface area (Å²) in [6.45, 7) is 0. The summed E-state index contributed by atoms with van der Waals surface area (Å²) in [5.41, 5.74) is 11.6. The topological polar surface area (TPSA) is 93.0 Å².